The molecule has 0 spiro atoms. The number of aliphatic hydroxyl groups excluding tert-OH is 3. The second kappa shape index (κ2) is 11.2. The first-order valence-electron chi connectivity index (χ1n) is 9.80. The second-order valence-corrected chi connectivity index (χ2v) is 7.66. The standard InChI is InChI=1S/C21H28O10/c1-11(2)9-14(20(27)28)30-21-19(26)18(25)17(24)15(31-21)10-29-16(23)8-5-12-3-6-13(22)7-4-12/h3-8,11,14-15,17-19,21-22,24-26H,9-10H2,1-2H3,(H,27,28)/t14-,15-,17-,18+,19-,21-/m1/s1. The number of aliphatic hydroxyl groups is 3. The van der Waals surface area contributed by atoms with Crippen molar-refractivity contribution in [1.29, 1.82) is 0 Å². The van der Waals surface area contributed by atoms with Crippen molar-refractivity contribution in [2.75, 3.05) is 6.61 Å². The van der Waals surface area contributed by atoms with E-state index in [-0.39, 0.29) is 18.1 Å². The molecule has 1 saturated heterocycles. The van der Waals surface area contributed by atoms with Crippen molar-refractivity contribution in [3.63, 3.8) is 0 Å². The number of hydrogen-bond acceptors (Lipinski definition) is 9. The minimum Gasteiger partial charge on any atom is -0.508 e. The molecule has 0 bridgehead atoms. The van der Waals surface area contributed by atoms with Crippen LogP contribution in [0.3, 0.4) is 0 Å². The summed E-state index contributed by atoms with van der Waals surface area (Å²) in [5.74, 6) is -1.95. The molecule has 0 amide bonds. The minimum atomic E-state index is -1.69. The Hall–Kier alpha value is -2.50. The van der Waals surface area contributed by atoms with Crippen molar-refractivity contribution in [2.24, 2.45) is 5.92 Å². The number of carboxylic acid groups (broad SMARTS) is 1. The number of carbonyl (C=O) groups excluding carboxylic acids is 1. The number of carboxylic acids is 1. The Kier molecular flexibility index (Phi) is 8.96. The van der Waals surface area contributed by atoms with E-state index in [1.807, 2.05) is 0 Å². The van der Waals surface area contributed by atoms with Crippen molar-refractivity contribution in [2.45, 2.75) is 57.1 Å². The van der Waals surface area contributed by atoms with Gasteiger partial charge in [-0.2, -0.15) is 0 Å². The molecule has 6 atom stereocenters. The van der Waals surface area contributed by atoms with Gasteiger partial charge in [0.2, 0.25) is 0 Å². The quantitative estimate of drug-likeness (QED) is 0.266. The first-order valence-corrected chi connectivity index (χ1v) is 9.80. The summed E-state index contributed by atoms with van der Waals surface area (Å²) in [5, 5.41) is 48.9. The summed E-state index contributed by atoms with van der Waals surface area (Å²) in [5.41, 5.74) is 0.639. The van der Waals surface area contributed by atoms with Crippen LogP contribution >= 0.6 is 0 Å². The fourth-order valence-electron chi connectivity index (χ4n) is 2.93. The summed E-state index contributed by atoms with van der Waals surface area (Å²) in [6, 6.07) is 6.08. The monoisotopic (exact) mass is 440 g/mol. The highest BCUT2D eigenvalue weighted by molar-refractivity contribution is 5.87. The SMILES string of the molecule is CC(C)C[C@@H](O[C@@H]1O[C@H](COC(=O)C=Cc2ccc(O)cc2)[C@@H](O)[C@H](O)[C@H]1O)C(=O)O. The summed E-state index contributed by atoms with van der Waals surface area (Å²) < 4.78 is 15.7. The maximum Gasteiger partial charge on any atom is 0.332 e. The van der Waals surface area contributed by atoms with Crippen LogP contribution in [0.5, 0.6) is 5.75 Å². The molecule has 1 fully saturated rings. The number of phenols is 1. The van der Waals surface area contributed by atoms with Crippen LogP contribution in [-0.4, -0.2) is 80.9 Å². The number of benzene rings is 1. The molecule has 0 aromatic heterocycles. The molecule has 1 heterocycles. The smallest absolute Gasteiger partial charge is 0.332 e. The van der Waals surface area contributed by atoms with E-state index in [2.05, 4.69) is 0 Å². The van der Waals surface area contributed by atoms with Gasteiger partial charge in [0.05, 0.1) is 0 Å². The molecule has 2 rings (SSSR count). The van der Waals surface area contributed by atoms with Crippen LogP contribution < -0.4 is 0 Å². The molecule has 1 aliphatic rings. The van der Waals surface area contributed by atoms with Gasteiger partial charge < -0.3 is 39.7 Å². The van der Waals surface area contributed by atoms with Crippen LogP contribution in [0, 0.1) is 5.92 Å². The summed E-state index contributed by atoms with van der Waals surface area (Å²) in [6.45, 7) is 3.12. The van der Waals surface area contributed by atoms with Crippen molar-refractivity contribution in [1.82, 2.24) is 0 Å². The third-order valence-electron chi connectivity index (χ3n) is 4.62. The van der Waals surface area contributed by atoms with E-state index in [9.17, 15) is 35.1 Å². The zero-order valence-electron chi connectivity index (χ0n) is 17.2. The van der Waals surface area contributed by atoms with Gasteiger partial charge >= 0.3 is 11.9 Å². The zero-order valence-corrected chi connectivity index (χ0v) is 17.2. The summed E-state index contributed by atoms with van der Waals surface area (Å²) in [6.07, 6.45) is -6.32. The predicted octanol–water partition coefficient (Wildman–Crippen LogP) is 0.272. The number of rotatable bonds is 9. The van der Waals surface area contributed by atoms with E-state index >= 15 is 0 Å². The van der Waals surface area contributed by atoms with E-state index in [1.54, 1.807) is 26.0 Å². The molecule has 1 aliphatic heterocycles. The van der Waals surface area contributed by atoms with Gasteiger partial charge in [0.25, 0.3) is 0 Å². The number of carbonyl (C=O) groups is 2. The molecular weight excluding hydrogens is 412 g/mol. The Morgan fingerprint density at radius 1 is 1.10 bits per heavy atom. The van der Waals surface area contributed by atoms with E-state index < -0.39 is 55.4 Å². The van der Waals surface area contributed by atoms with Gasteiger partial charge in [-0.15, -0.1) is 0 Å². The topological polar surface area (TPSA) is 163 Å². The van der Waals surface area contributed by atoms with Crippen LogP contribution in [-0.2, 0) is 23.8 Å². The molecule has 1 aromatic rings. The van der Waals surface area contributed by atoms with Gasteiger partial charge in [-0.3, -0.25) is 0 Å². The lowest BCUT2D eigenvalue weighted by atomic mass is 9.99. The van der Waals surface area contributed by atoms with Crippen molar-refractivity contribution in [3.8, 4) is 5.75 Å². The van der Waals surface area contributed by atoms with E-state index in [0.29, 0.717) is 5.56 Å². The lowest BCUT2D eigenvalue weighted by molar-refractivity contribution is -0.311. The van der Waals surface area contributed by atoms with Gasteiger partial charge in [0, 0.05) is 6.08 Å². The van der Waals surface area contributed by atoms with Crippen LogP contribution in [0.1, 0.15) is 25.8 Å². The molecule has 0 aliphatic carbocycles. The van der Waals surface area contributed by atoms with Crippen LogP contribution in [0.2, 0.25) is 0 Å². The first-order chi connectivity index (χ1) is 14.6. The lowest BCUT2D eigenvalue weighted by Crippen LogP contribution is -2.60. The Labute approximate surface area is 179 Å². The number of esters is 1. The Bertz CT molecular complexity index is 760. The fraction of sp³-hybridized carbons (Fsp3) is 0.524. The Balaban J connectivity index is 1.97. The molecule has 5 N–H and O–H groups in total. The average Bonchev–Trinajstić information content (AvgIpc) is 2.71. The van der Waals surface area contributed by atoms with Gasteiger partial charge in [-0.25, -0.2) is 9.59 Å². The van der Waals surface area contributed by atoms with Crippen LogP contribution in [0.4, 0.5) is 0 Å². The minimum absolute atomic E-state index is 0.0190. The van der Waals surface area contributed by atoms with Crippen molar-refractivity contribution in [3.05, 3.63) is 35.9 Å². The Morgan fingerprint density at radius 3 is 2.32 bits per heavy atom. The number of ether oxygens (including phenoxy) is 3. The highest BCUT2D eigenvalue weighted by Gasteiger charge is 2.46. The summed E-state index contributed by atoms with van der Waals surface area (Å²) >= 11 is 0. The lowest BCUT2D eigenvalue weighted by Gasteiger charge is -2.40. The number of aliphatic carboxylic acids is 1. The van der Waals surface area contributed by atoms with Crippen LogP contribution in [0.25, 0.3) is 6.08 Å². The van der Waals surface area contributed by atoms with Gasteiger partial charge in [-0.05, 0) is 36.1 Å². The molecule has 31 heavy (non-hydrogen) atoms. The maximum absolute atomic E-state index is 11.9. The van der Waals surface area contributed by atoms with E-state index in [1.165, 1.54) is 18.2 Å². The van der Waals surface area contributed by atoms with Gasteiger partial charge in [0.15, 0.2) is 12.4 Å². The number of phenolic OH excluding ortho intramolecular Hbond substituents is 1. The van der Waals surface area contributed by atoms with E-state index in [4.69, 9.17) is 14.2 Å². The third kappa shape index (κ3) is 7.30. The third-order valence-corrected chi connectivity index (χ3v) is 4.62. The number of hydrogen-bond donors (Lipinski definition) is 5. The van der Waals surface area contributed by atoms with Crippen molar-refractivity contribution < 1.29 is 49.3 Å². The fourth-order valence-corrected chi connectivity index (χ4v) is 2.93. The molecular formula is C21H28O10. The molecule has 10 nitrogen and oxygen atoms in total. The molecule has 10 heteroatoms. The normalized spacial score (nSPS) is 27.4. The molecule has 0 unspecified atom stereocenters. The zero-order chi connectivity index (χ0) is 23.1. The molecule has 0 radical (unpaired) electrons. The Morgan fingerprint density at radius 2 is 1.74 bits per heavy atom. The van der Waals surface area contributed by atoms with E-state index in [0.717, 1.165) is 6.08 Å². The van der Waals surface area contributed by atoms with Crippen LogP contribution in [0.15, 0.2) is 30.3 Å². The first kappa shape index (κ1) is 24.8. The van der Waals surface area contributed by atoms with Gasteiger partial charge in [-0.1, -0.05) is 26.0 Å². The molecule has 172 valence electrons. The molecule has 0 saturated carbocycles. The molecule has 1 aromatic carbocycles. The number of aromatic hydroxyl groups is 1. The second-order valence-electron chi connectivity index (χ2n) is 7.66. The van der Waals surface area contributed by atoms with Gasteiger partial charge in [0.1, 0.15) is 36.8 Å². The summed E-state index contributed by atoms with van der Waals surface area (Å²) in [4.78, 5) is 23.3. The highest BCUT2D eigenvalue weighted by atomic mass is 16.7. The predicted molar refractivity (Wildman–Crippen MR) is 107 cm³/mol. The average molecular weight is 440 g/mol. The summed E-state index contributed by atoms with van der Waals surface area (Å²) in [7, 11) is 0. The maximum atomic E-state index is 11.9. The highest BCUT2D eigenvalue weighted by Crippen LogP contribution is 2.25. The van der Waals surface area contributed by atoms with Crippen molar-refractivity contribution >= 4 is 18.0 Å². The largest absolute Gasteiger partial charge is 0.508 e.